The molecular weight excluding hydrogens is 370 g/mol. The van der Waals surface area contributed by atoms with Gasteiger partial charge in [0.25, 0.3) is 5.91 Å². The van der Waals surface area contributed by atoms with Gasteiger partial charge in [-0.1, -0.05) is 17.7 Å². The van der Waals surface area contributed by atoms with Crippen LogP contribution in [0.15, 0.2) is 36.5 Å². The standard InChI is InChI=1S/C17H15ClF2N2O4/c18-14-6-10(8-21-16(14)25-13-4-5-24-9-13)15(23)22-11-2-1-3-12(7-11)26-17(19)20/h1-3,6-8,13,17H,4-5,9H2,(H,22,23). The van der Waals surface area contributed by atoms with Gasteiger partial charge in [-0.05, 0) is 18.2 Å². The molecule has 0 radical (unpaired) electrons. The van der Waals surface area contributed by atoms with Crippen molar-refractivity contribution in [1.29, 1.82) is 0 Å². The molecule has 1 N–H and O–H groups in total. The van der Waals surface area contributed by atoms with Crippen molar-refractivity contribution in [3.8, 4) is 11.6 Å². The summed E-state index contributed by atoms with van der Waals surface area (Å²) in [5.74, 6) is -0.327. The number of anilines is 1. The summed E-state index contributed by atoms with van der Waals surface area (Å²) in [4.78, 5) is 16.4. The van der Waals surface area contributed by atoms with Crippen LogP contribution in [0.4, 0.5) is 14.5 Å². The minimum atomic E-state index is -2.94. The summed E-state index contributed by atoms with van der Waals surface area (Å²) in [5.41, 5.74) is 0.498. The van der Waals surface area contributed by atoms with E-state index in [2.05, 4.69) is 15.0 Å². The highest BCUT2D eigenvalue weighted by Crippen LogP contribution is 2.26. The van der Waals surface area contributed by atoms with Crippen LogP contribution in [-0.2, 0) is 4.74 Å². The summed E-state index contributed by atoms with van der Waals surface area (Å²) in [6.07, 6.45) is 1.96. The van der Waals surface area contributed by atoms with Gasteiger partial charge in [0.1, 0.15) is 16.9 Å². The molecule has 1 unspecified atom stereocenters. The van der Waals surface area contributed by atoms with Crippen molar-refractivity contribution in [1.82, 2.24) is 4.98 Å². The third-order valence-corrected chi connectivity index (χ3v) is 3.82. The molecule has 0 saturated carbocycles. The van der Waals surface area contributed by atoms with Gasteiger partial charge in [-0.2, -0.15) is 8.78 Å². The molecule has 0 spiro atoms. The maximum atomic E-state index is 12.3. The first kappa shape index (κ1) is 18.3. The van der Waals surface area contributed by atoms with Gasteiger partial charge < -0.3 is 19.5 Å². The summed E-state index contributed by atoms with van der Waals surface area (Å²) >= 11 is 6.13. The van der Waals surface area contributed by atoms with E-state index in [0.717, 1.165) is 6.42 Å². The number of nitrogens with one attached hydrogen (secondary N) is 1. The number of halogens is 3. The van der Waals surface area contributed by atoms with Crippen LogP contribution in [0, 0.1) is 0 Å². The molecule has 0 bridgehead atoms. The number of amides is 1. The normalized spacial score (nSPS) is 16.5. The SMILES string of the molecule is O=C(Nc1cccc(OC(F)F)c1)c1cnc(OC2CCOC2)c(Cl)c1. The average molecular weight is 385 g/mol. The number of hydrogen-bond donors (Lipinski definition) is 1. The van der Waals surface area contributed by atoms with Crippen molar-refractivity contribution in [2.24, 2.45) is 0 Å². The van der Waals surface area contributed by atoms with Crippen LogP contribution >= 0.6 is 11.6 Å². The maximum Gasteiger partial charge on any atom is 0.387 e. The van der Waals surface area contributed by atoms with E-state index in [0.29, 0.717) is 18.9 Å². The predicted octanol–water partition coefficient (Wildman–Crippen LogP) is 3.76. The number of carbonyl (C=O) groups excluding carboxylic acids is 1. The molecule has 1 aromatic carbocycles. The minimum Gasteiger partial charge on any atom is -0.471 e. The number of carbonyl (C=O) groups is 1. The molecule has 2 heterocycles. The quantitative estimate of drug-likeness (QED) is 0.821. The Kier molecular flexibility index (Phi) is 5.85. The predicted molar refractivity (Wildman–Crippen MR) is 90.1 cm³/mol. The second-order valence-electron chi connectivity index (χ2n) is 5.47. The lowest BCUT2D eigenvalue weighted by Gasteiger charge is -2.13. The minimum absolute atomic E-state index is 0.0588. The molecule has 0 aliphatic carbocycles. The Balaban J connectivity index is 1.67. The van der Waals surface area contributed by atoms with E-state index in [4.69, 9.17) is 21.1 Å². The van der Waals surface area contributed by atoms with Gasteiger partial charge in [-0.3, -0.25) is 4.79 Å². The topological polar surface area (TPSA) is 69.7 Å². The lowest BCUT2D eigenvalue weighted by Crippen LogP contribution is -2.17. The molecule has 9 heteroatoms. The Morgan fingerprint density at radius 3 is 2.92 bits per heavy atom. The molecule has 1 fully saturated rings. The van der Waals surface area contributed by atoms with Crippen LogP contribution in [0.5, 0.6) is 11.6 Å². The number of rotatable bonds is 6. The van der Waals surface area contributed by atoms with Crippen LogP contribution < -0.4 is 14.8 Å². The van der Waals surface area contributed by atoms with Gasteiger partial charge in [0, 0.05) is 24.4 Å². The first-order chi connectivity index (χ1) is 12.5. The number of pyridine rings is 1. The molecule has 1 saturated heterocycles. The highest BCUT2D eigenvalue weighted by atomic mass is 35.5. The summed E-state index contributed by atoms with van der Waals surface area (Å²) in [6, 6.07) is 7.10. The Labute approximate surface area is 153 Å². The largest absolute Gasteiger partial charge is 0.471 e. The Hall–Kier alpha value is -2.45. The highest BCUT2D eigenvalue weighted by molar-refractivity contribution is 6.32. The van der Waals surface area contributed by atoms with Crippen LogP contribution in [-0.4, -0.2) is 36.8 Å². The zero-order valence-corrected chi connectivity index (χ0v) is 14.2. The Morgan fingerprint density at radius 2 is 2.23 bits per heavy atom. The van der Waals surface area contributed by atoms with Crippen molar-refractivity contribution < 1.29 is 27.8 Å². The van der Waals surface area contributed by atoms with Crippen molar-refractivity contribution in [3.63, 3.8) is 0 Å². The molecule has 1 aliphatic heterocycles. The molecule has 3 rings (SSSR count). The fourth-order valence-corrected chi connectivity index (χ4v) is 2.56. The molecule has 138 valence electrons. The lowest BCUT2D eigenvalue weighted by atomic mass is 10.2. The number of nitrogens with zero attached hydrogens (tertiary/aromatic N) is 1. The average Bonchev–Trinajstić information content (AvgIpc) is 3.09. The van der Waals surface area contributed by atoms with Crippen LogP contribution in [0.3, 0.4) is 0 Å². The summed E-state index contributed by atoms with van der Waals surface area (Å²) in [7, 11) is 0. The number of benzene rings is 1. The maximum absolute atomic E-state index is 12.3. The van der Waals surface area contributed by atoms with Crippen molar-refractivity contribution in [2.45, 2.75) is 19.1 Å². The summed E-state index contributed by atoms with van der Waals surface area (Å²) in [6.45, 7) is -1.85. The summed E-state index contributed by atoms with van der Waals surface area (Å²) in [5, 5.41) is 2.76. The lowest BCUT2D eigenvalue weighted by molar-refractivity contribution is -0.0497. The highest BCUT2D eigenvalue weighted by Gasteiger charge is 2.20. The van der Waals surface area contributed by atoms with Crippen molar-refractivity contribution in [2.75, 3.05) is 18.5 Å². The fraction of sp³-hybridized carbons (Fsp3) is 0.294. The zero-order valence-electron chi connectivity index (χ0n) is 13.5. The molecule has 1 atom stereocenters. The van der Waals surface area contributed by atoms with E-state index >= 15 is 0 Å². The summed E-state index contributed by atoms with van der Waals surface area (Å²) < 4.78 is 39.6. The van der Waals surface area contributed by atoms with E-state index in [1.165, 1.54) is 30.5 Å². The third kappa shape index (κ3) is 4.80. The molecule has 6 nitrogen and oxygen atoms in total. The number of aromatic nitrogens is 1. The molecule has 2 aromatic rings. The number of alkyl halides is 2. The van der Waals surface area contributed by atoms with Crippen molar-refractivity contribution in [3.05, 3.63) is 47.1 Å². The van der Waals surface area contributed by atoms with E-state index in [-0.39, 0.29) is 28.3 Å². The molecule has 1 aromatic heterocycles. The van der Waals surface area contributed by atoms with E-state index in [9.17, 15) is 13.6 Å². The molecular formula is C17H15ClF2N2O4. The van der Waals surface area contributed by atoms with Crippen LogP contribution in [0.25, 0.3) is 0 Å². The third-order valence-electron chi connectivity index (χ3n) is 3.55. The Morgan fingerprint density at radius 1 is 1.38 bits per heavy atom. The molecule has 1 aliphatic rings. The first-order valence-corrected chi connectivity index (χ1v) is 8.15. The van der Waals surface area contributed by atoms with E-state index in [1.54, 1.807) is 6.07 Å². The van der Waals surface area contributed by atoms with Gasteiger partial charge >= 0.3 is 6.61 Å². The van der Waals surface area contributed by atoms with E-state index < -0.39 is 12.5 Å². The number of ether oxygens (including phenoxy) is 3. The van der Waals surface area contributed by atoms with E-state index in [1.807, 2.05) is 0 Å². The van der Waals surface area contributed by atoms with Crippen LogP contribution in [0.2, 0.25) is 5.02 Å². The molecule has 26 heavy (non-hydrogen) atoms. The second-order valence-corrected chi connectivity index (χ2v) is 5.88. The van der Waals surface area contributed by atoms with Crippen molar-refractivity contribution >= 4 is 23.2 Å². The zero-order chi connectivity index (χ0) is 18.5. The smallest absolute Gasteiger partial charge is 0.387 e. The Bertz CT molecular complexity index is 785. The van der Waals surface area contributed by atoms with Gasteiger partial charge in [0.05, 0.1) is 18.8 Å². The first-order valence-electron chi connectivity index (χ1n) is 7.77. The van der Waals surface area contributed by atoms with Crippen LogP contribution in [0.1, 0.15) is 16.8 Å². The van der Waals surface area contributed by atoms with Gasteiger partial charge in [0.2, 0.25) is 5.88 Å². The molecule has 1 amide bonds. The fourth-order valence-electron chi connectivity index (χ4n) is 2.35. The number of hydrogen-bond acceptors (Lipinski definition) is 5. The van der Waals surface area contributed by atoms with Gasteiger partial charge in [-0.15, -0.1) is 0 Å². The monoisotopic (exact) mass is 384 g/mol. The van der Waals surface area contributed by atoms with Gasteiger partial charge in [-0.25, -0.2) is 4.98 Å². The van der Waals surface area contributed by atoms with Gasteiger partial charge in [0.15, 0.2) is 0 Å². The second kappa shape index (κ2) is 8.29.